The molecule has 0 N–H and O–H groups in total. The van der Waals surface area contributed by atoms with Crippen molar-refractivity contribution in [1.29, 1.82) is 0 Å². The molecule has 0 spiro atoms. The van der Waals surface area contributed by atoms with Crippen LogP contribution < -0.4 is 0 Å². The summed E-state index contributed by atoms with van der Waals surface area (Å²) in [6.07, 6.45) is 2.98. The molecule has 0 atom stereocenters. The molecule has 2 heterocycles. The molecular formula is C26H22BrNO3S2. The molecule has 1 aliphatic rings. The van der Waals surface area contributed by atoms with Gasteiger partial charge in [-0.25, -0.2) is 8.42 Å². The number of nitrogens with zero attached hydrogens (tertiary/aromatic N) is 1. The lowest BCUT2D eigenvalue weighted by Crippen LogP contribution is -2.31. The first-order valence-corrected chi connectivity index (χ1v) is 14.2. The van der Waals surface area contributed by atoms with Crippen molar-refractivity contribution in [2.24, 2.45) is 0 Å². The predicted molar refractivity (Wildman–Crippen MR) is 138 cm³/mol. The van der Waals surface area contributed by atoms with Crippen molar-refractivity contribution in [3.63, 3.8) is 0 Å². The molecule has 33 heavy (non-hydrogen) atoms. The summed E-state index contributed by atoms with van der Waals surface area (Å²) in [7, 11) is -3.33. The Morgan fingerprint density at radius 2 is 1.82 bits per heavy atom. The monoisotopic (exact) mass is 539 g/mol. The Hall–Kier alpha value is -2.48. The molecule has 168 valence electrons. The van der Waals surface area contributed by atoms with Gasteiger partial charge in [0.1, 0.15) is 0 Å². The van der Waals surface area contributed by atoms with Gasteiger partial charge in [-0.05, 0) is 87.2 Å². The van der Waals surface area contributed by atoms with E-state index in [0.717, 1.165) is 19.1 Å². The number of fused-ring (bicyclic) bond motifs is 2. The molecule has 1 aromatic heterocycles. The summed E-state index contributed by atoms with van der Waals surface area (Å²) in [5.41, 5.74) is 4.09. The van der Waals surface area contributed by atoms with E-state index in [1.807, 2.05) is 4.90 Å². The third kappa shape index (κ3) is 4.50. The second-order valence-corrected chi connectivity index (χ2v) is 12.3. The average Bonchev–Trinajstić information content (AvgIpc) is 3.11. The van der Waals surface area contributed by atoms with Gasteiger partial charge in [-0.1, -0.05) is 30.3 Å². The number of thiophene rings is 1. The number of aryl methyl sites for hydroxylation is 1. The Bertz CT molecular complexity index is 1460. The molecular weight excluding hydrogens is 518 g/mol. The maximum Gasteiger partial charge on any atom is 0.255 e. The number of rotatable bonds is 3. The molecule has 0 saturated carbocycles. The predicted octanol–water partition coefficient (Wildman–Crippen LogP) is 6.32. The largest absolute Gasteiger partial charge is 0.334 e. The fourth-order valence-corrected chi connectivity index (χ4v) is 6.69. The first-order valence-electron chi connectivity index (χ1n) is 10.7. The second kappa shape index (κ2) is 8.70. The van der Waals surface area contributed by atoms with Crippen molar-refractivity contribution in [2.45, 2.75) is 24.3 Å². The highest BCUT2D eigenvalue weighted by molar-refractivity contribution is 9.10. The highest BCUT2D eigenvalue weighted by atomic mass is 79.9. The number of carbonyl (C=O) groups excluding carboxylic acids is 1. The lowest BCUT2D eigenvalue weighted by atomic mass is 10.0. The topological polar surface area (TPSA) is 54.5 Å². The maximum atomic E-state index is 13.4. The molecule has 5 rings (SSSR count). The van der Waals surface area contributed by atoms with E-state index >= 15 is 0 Å². The molecule has 4 nitrogen and oxygen atoms in total. The van der Waals surface area contributed by atoms with Crippen molar-refractivity contribution >= 4 is 53.1 Å². The van der Waals surface area contributed by atoms with E-state index < -0.39 is 9.84 Å². The minimum absolute atomic E-state index is 0.0953. The number of carbonyl (C=O) groups is 1. The molecule has 0 aliphatic carbocycles. The zero-order valence-corrected chi connectivity index (χ0v) is 21.3. The summed E-state index contributed by atoms with van der Waals surface area (Å²) >= 11 is 5.19. The summed E-state index contributed by atoms with van der Waals surface area (Å²) in [5, 5.41) is 1.24. The van der Waals surface area contributed by atoms with E-state index in [-0.39, 0.29) is 10.8 Å². The Kier molecular flexibility index (Phi) is 5.89. The first kappa shape index (κ1) is 22.3. The molecule has 0 unspecified atom stereocenters. The standard InChI is InChI=1S/C26H22BrNO3S2/c1-33(30,31)21-10-11-22(23(27)15-21)26(29)28-12-4-6-17-8-9-19(13-20(17)16-28)25-14-18-5-2-3-7-24(18)32-25/h2-3,5,7-11,13-15H,4,6,12,16H2,1H3. The van der Waals surface area contributed by atoms with Crippen LogP contribution in [-0.4, -0.2) is 32.0 Å². The molecule has 7 heteroatoms. The molecule has 0 radical (unpaired) electrons. The lowest BCUT2D eigenvalue weighted by Gasteiger charge is -2.22. The third-order valence-electron chi connectivity index (χ3n) is 6.04. The maximum absolute atomic E-state index is 13.4. The molecule has 1 amide bonds. The summed E-state index contributed by atoms with van der Waals surface area (Å²) in [4.78, 5) is 16.6. The van der Waals surface area contributed by atoms with Gasteiger partial charge in [0.05, 0.1) is 10.5 Å². The molecule has 0 fully saturated rings. The van der Waals surface area contributed by atoms with Gasteiger partial charge in [-0.3, -0.25) is 4.79 Å². The molecule has 0 saturated heterocycles. The van der Waals surface area contributed by atoms with Gasteiger partial charge >= 0.3 is 0 Å². The van der Waals surface area contributed by atoms with Crippen LogP contribution in [0.4, 0.5) is 0 Å². The number of hydrogen-bond acceptors (Lipinski definition) is 4. The zero-order chi connectivity index (χ0) is 23.2. The van der Waals surface area contributed by atoms with E-state index in [4.69, 9.17) is 0 Å². The minimum Gasteiger partial charge on any atom is -0.334 e. The Labute approximate surface area is 205 Å². The van der Waals surface area contributed by atoms with Gasteiger partial charge in [0.25, 0.3) is 5.91 Å². The van der Waals surface area contributed by atoms with Crippen molar-refractivity contribution in [2.75, 3.05) is 12.8 Å². The van der Waals surface area contributed by atoms with Crippen LogP contribution in [0.15, 0.2) is 76.1 Å². The zero-order valence-electron chi connectivity index (χ0n) is 18.0. The van der Waals surface area contributed by atoms with Crippen LogP contribution in [0.1, 0.15) is 27.9 Å². The second-order valence-electron chi connectivity index (χ2n) is 8.38. The van der Waals surface area contributed by atoms with E-state index in [1.54, 1.807) is 17.4 Å². The Morgan fingerprint density at radius 3 is 2.58 bits per heavy atom. The molecule has 0 bridgehead atoms. The van der Waals surface area contributed by atoms with Crippen LogP contribution in [0.5, 0.6) is 0 Å². The van der Waals surface area contributed by atoms with Gasteiger partial charge in [0, 0.05) is 33.4 Å². The van der Waals surface area contributed by atoms with Crippen LogP contribution >= 0.6 is 27.3 Å². The van der Waals surface area contributed by atoms with Gasteiger partial charge in [0.15, 0.2) is 9.84 Å². The molecule has 4 aromatic rings. The van der Waals surface area contributed by atoms with Crippen LogP contribution in [0.25, 0.3) is 20.5 Å². The number of amides is 1. The van der Waals surface area contributed by atoms with Gasteiger partial charge in [0.2, 0.25) is 0 Å². The van der Waals surface area contributed by atoms with Gasteiger partial charge < -0.3 is 4.90 Å². The Balaban J connectivity index is 1.45. The fourth-order valence-electron chi connectivity index (χ4n) is 4.28. The fraction of sp³-hybridized carbons (Fsp3) is 0.192. The normalized spacial score (nSPS) is 14.2. The van der Waals surface area contributed by atoms with Crippen LogP contribution in [0.2, 0.25) is 0 Å². The number of sulfone groups is 1. The van der Waals surface area contributed by atoms with Crippen molar-refractivity contribution in [3.8, 4) is 10.4 Å². The number of hydrogen-bond donors (Lipinski definition) is 0. The van der Waals surface area contributed by atoms with Gasteiger partial charge in [-0.2, -0.15) is 0 Å². The summed E-state index contributed by atoms with van der Waals surface area (Å²) in [5.74, 6) is -0.0953. The van der Waals surface area contributed by atoms with Crippen LogP contribution in [0.3, 0.4) is 0 Å². The van der Waals surface area contributed by atoms with Crippen molar-refractivity contribution in [1.82, 2.24) is 4.90 Å². The molecule has 1 aliphatic heterocycles. The number of benzene rings is 3. The van der Waals surface area contributed by atoms with Crippen molar-refractivity contribution in [3.05, 3.63) is 87.9 Å². The first-order chi connectivity index (χ1) is 15.8. The van der Waals surface area contributed by atoms with Crippen LogP contribution in [-0.2, 0) is 22.8 Å². The third-order valence-corrected chi connectivity index (χ3v) is 8.97. The highest BCUT2D eigenvalue weighted by Gasteiger charge is 2.23. The van der Waals surface area contributed by atoms with Crippen molar-refractivity contribution < 1.29 is 13.2 Å². The van der Waals surface area contributed by atoms with E-state index in [0.29, 0.717) is 23.1 Å². The average molecular weight is 541 g/mol. The lowest BCUT2D eigenvalue weighted by molar-refractivity contribution is 0.0745. The van der Waals surface area contributed by atoms with E-state index in [2.05, 4.69) is 64.5 Å². The SMILES string of the molecule is CS(=O)(=O)c1ccc(C(=O)N2CCCc3ccc(-c4cc5ccccc5s4)cc3C2)c(Br)c1. The summed E-state index contributed by atoms with van der Waals surface area (Å²) in [6.45, 7) is 1.19. The summed E-state index contributed by atoms with van der Waals surface area (Å²) in [6, 6.07) is 21.8. The number of halogens is 1. The minimum atomic E-state index is -3.33. The highest BCUT2D eigenvalue weighted by Crippen LogP contribution is 2.35. The molecule has 3 aromatic carbocycles. The van der Waals surface area contributed by atoms with E-state index in [9.17, 15) is 13.2 Å². The smallest absolute Gasteiger partial charge is 0.255 e. The van der Waals surface area contributed by atoms with Crippen LogP contribution in [0, 0.1) is 0 Å². The summed E-state index contributed by atoms with van der Waals surface area (Å²) < 4.78 is 25.4. The van der Waals surface area contributed by atoms with Gasteiger partial charge in [-0.15, -0.1) is 11.3 Å². The van der Waals surface area contributed by atoms with E-state index in [1.165, 1.54) is 43.8 Å². The quantitative estimate of drug-likeness (QED) is 0.306. The Morgan fingerprint density at radius 1 is 1.00 bits per heavy atom.